The fourth-order valence-electron chi connectivity index (χ4n) is 1.47. The number of nitrogens with one attached hydrogen (secondary N) is 1. The Hall–Kier alpha value is -1.99. The highest BCUT2D eigenvalue weighted by atomic mass is 16.6. The number of primary amides is 1. The van der Waals surface area contributed by atoms with Crippen molar-refractivity contribution in [3.05, 3.63) is 0 Å². The van der Waals surface area contributed by atoms with Crippen LogP contribution in [0, 0.1) is 5.41 Å². The van der Waals surface area contributed by atoms with Crippen LogP contribution in [0.15, 0.2) is 0 Å². The van der Waals surface area contributed by atoms with Crippen LogP contribution in [0.3, 0.4) is 0 Å². The molecule has 0 fully saturated rings. The van der Waals surface area contributed by atoms with E-state index in [9.17, 15) is 14.4 Å². The van der Waals surface area contributed by atoms with Crippen LogP contribution in [0.25, 0.3) is 0 Å². The molecular weight excluding hydrogens is 256 g/mol. The molecule has 0 aliphatic rings. The number of hydrogen-bond donors (Lipinski definition) is 3. The van der Waals surface area contributed by atoms with Crippen molar-refractivity contribution in [2.75, 3.05) is 19.8 Å². The average molecular weight is 276 g/mol. The fourth-order valence-corrected chi connectivity index (χ4v) is 1.47. The molecule has 19 heavy (non-hydrogen) atoms. The van der Waals surface area contributed by atoms with Gasteiger partial charge in [-0.1, -0.05) is 20.3 Å². The van der Waals surface area contributed by atoms with Crippen LogP contribution in [-0.2, 0) is 14.3 Å². The zero-order chi connectivity index (χ0) is 14.9. The first-order valence-corrected chi connectivity index (χ1v) is 5.84. The van der Waals surface area contributed by atoms with E-state index in [1.54, 1.807) is 6.92 Å². The van der Waals surface area contributed by atoms with Crippen molar-refractivity contribution in [1.82, 2.24) is 5.32 Å². The molecule has 0 rings (SSSR count). The van der Waals surface area contributed by atoms with E-state index in [4.69, 9.17) is 20.3 Å². The molecule has 0 saturated heterocycles. The maximum Gasteiger partial charge on any atom is 0.407 e. The summed E-state index contributed by atoms with van der Waals surface area (Å²) in [6.07, 6.45) is -0.257. The Morgan fingerprint density at radius 2 is 1.84 bits per heavy atom. The van der Waals surface area contributed by atoms with Crippen molar-refractivity contribution >= 4 is 18.2 Å². The molecular formula is C11H20N2O6. The van der Waals surface area contributed by atoms with Crippen LogP contribution >= 0.6 is 0 Å². The van der Waals surface area contributed by atoms with Gasteiger partial charge in [0.25, 0.3) is 0 Å². The summed E-state index contributed by atoms with van der Waals surface area (Å²) in [6, 6.07) is 0. The highest BCUT2D eigenvalue weighted by molar-refractivity contribution is 5.76. The molecule has 0 spiro atoms. The third-order valence-electron chi connectivity index (χ3n) is 2.35. The lowest BCUT2D eigenvalue weighted by atomic mass is 9.87. The van der Waals surface area contributed by atoms with Gasteiger partial charge in [-0.3, -0.25) is 4.79 Å². The minimum Gasteiger partial charge on any atom is -0.480 e. The Bertz CT molecular complexity index is 333. The Kier molecular flexibility index (Phi) is 7.32. The van der Waals surface area contributed by atoms with Crippen LogP contribution in [0.1, 0.15) is 26.7 Å². The molecule has 0 aromatic heterocycles. The number of aliphatic carboxylic acids is 1. The summed E-state index contributed by atoms with van der Waals surface area (Å²) in [5, 5.41) is 10.4. The number of carboxylic acids is 1. The second-order valence-corrected chi connectivity index (χ2v) is 4.49. The minimum absolute atomic E-state index is 0.000424. The van der Waals surface area contributed by atoms with Gasteiger partial charge in [0.1, 0.15) is 19.8 Å². The van der Waals surface area contributed by atoms with Crippen molar-refractivity contribution in [2.45, 2.75) is 26.7 Å². The summed E-state index contributed by atoms with van der Waals surface area (Å²) in [6.45, 7) is 3.24. The zero-order valence-electron chi connectivity index (χ0n) is 11.1. The highest BCUT2D eigenvalue weighted by Crippen LogP contribution is 2.24. The van der Waals surface area contributed by atoms with Crippen LogP contribution in [0.5, 0.6) is 0 Å². The summed E-state index contributed by atoms with van der Waals surface area (Å²) < 4.78 is 9.62. The van der Waals surface area contributed by atoms with Crippen molar-refractivity contribution in [1.29, 1.82) is 0 Å². The molecule has 1 atom stereocenters. The summed E-state index contributed by atoms with van der Waals surface area (Å²) in [5.74, 6) is -1.16. The quantitative estimate of drug-likeness (QED) is 0.598. The summed E-state index contributed by atoms with van der Waals surface area (Å²) in [4.78, 5) is 32.0. The van der Waals surface area contributed by atoms with Gasteiger partial charge in [0, 0.05) is 5.41 Å². The lowest BCUT2D eigenvalue weighted by Gasteiger charge is -2.27. The van der Waals surface area contributed by atoms with Gasteiger partial charge in [-0.05, 0) is 6.42 Å². The van der Waals surface area contributed by atoms with Gasteiger partial charge in [-0.25, -0.2) is 9.59 Å². The number of carbonyl (C=O) groups is 3. The molecule has 0 aliphatic heterocycles. The van der Waals surface area contributed by atoms with Crippen molar-refractivity contribution in [2.24, 2.45) is 11.1 Å². The SMILES string of the molecule is CCCC(C)(COC(N)=O)COC(=O)NCC(=O)O. The number of rotatable bonds is 8. The van der Waals surface area contributed by atoms with Crippen molar-refractivity contribution in [3.8, 4) is 0 Å². The number of carboxylic acid groups (broad SMARTS) is 1. The number of carbonyl (C=O) groups excluding carboxylic acids is 2. The van der Waals surface area contributed by atoms with Crippen LogP contribution in [0.4, 0.5) is 9.59 Å². The first-order chi connectivity index (χ1) is 8.79. The molecule has 0 aromatic rings. The predicted molar refractivity (Wildman–Crippen MR) is 65.5 cm³/mol. The van der Waals surface area contributed by atoms with Gasteiger partial charge in [-0.2, -0.15) is 0 Å². The molecule has 0 bridgehead atoms. The summed E-state index contributed by atoms with van der Waals surface area (Å²) in [5.41, 5.74) is 4.33. The van der Waals surface area contributed by atoms with Crippen LogP contribution in [-0.4, -0.2) is 43.0 Å². The maximum atomic E-state index is 11.2. The molecule has 8 nitrogen and oxygen atoms in total. The molecule has 1 unspecified atom stereocenters. The normalized spacial score (nSPS) is 13.2. The number of hydrogen-bond acceptors (Lipinski definition) is 5. The maximum absolute atomic E-state index is 11.2. The second-order valence-electron chi connectivity index (χ2n) is 4.49. The van der Waals surface area contributed by atoms with E-state index in [0.717, 1.165) is 6.42 Å². The average Bonchev–Trinajstić information content (AvgIpc) is 2.32. The van der Waals surface area contributed by atoms with E-state index in [0.29, 0.717) is 6.42 Å². The lowest BCUT2D eigenvalue weighted by Crippen LogP contribution is -2.36. The Morgan fingerprint density at radius 3 is 2.32 bits per heavy atom. The molecule has 0 saturated carbocycles. The van der Waals surface area contributed by atoms with Gasteiger partial charge in [0.15, 0.2) is 0 Å². The van der Waals surface area contributed by atoms with Crippen molar-refractivity contribution in [3.63, 3.8) is 0 Å². The van der Waals surface area contributed by atoms with E-state index in [1.807, 2.05) is 6.92 Å². The third-order valence-corrected chi connectivity index (χ3v) is 2.35. The Balaban J connectivity index is 4.21. The number of amides is 2. The standard InChI is InChI=1S/C11H20N2O6/c1-3-4-11(2,6-18-9(12)16)7-19-10(17)13-5-8(14)15/h3-7H2,1-2H3,(H2,12,16)(H,13,17)(H,14,15). The molecule has 8 heteroatoms. The number of nitrogens with two attached hydrogens (primary N) is 1. The van der Waals surface area contributed by atoms with E-state index < -0.39 is 30.1 Å². The summed E-state index contributed by atoms with van der Waals surface area (Å²) in [7, 11) is 0. The Labute approximate surface area is 111 Å². The monoisotopic (exact) mass is 276 g/mol. The number of alkyl carbamates (subject to hydrolysis) is 1. The van der Waals surface area contributed by atoms with Gasteiger partial charge in [-0.15, -0.1) is 0 Å². The lowest BCUT2D eigenvalue weighted by molar-refractivity contribution is -0.135. The number of ether oxygens (including phenoxy) is 2. The predicted octanol–water partition coefficient (Wildman–Crippen LogP) is 0.699. The fraction of sp³-hybridized carbons (Fsp3) is 0.727. The third kappa shape index (κ3) is 8.70. The van der Waals surface area contributed by atoms with E-state index >= 15 is 0 Å². The molecule has 4 N–H and O–H groups in total. The van der Waals surface area contributed by atoms with Crippen molar-refractivity contribution < 1.29 is 29.0 Å². The van der Waals surface area contributed by atoms with E-state index in [1.165, 1.54) is 0 Å². The minimum atomic E-state index is -1.16. The van der Waals surface area contributed by atoms with Gasteiger partial charge in [0.05, 0.1) is 0 Å². The molecule has 2 amide bonds. The first-order valence-electron chi connectivity index (χ1n) is 5.84. The largest absolute Gasteiger partial charge is 0.480 e. The second kappa shape index (κ2) is 8.17. The molecule has 0 aromatic carbocycles. The zero-order valence-corrected chi connectivity index (χ0v) is 11.1. The summed E-state index contributed by atoms with van der Waals surface area (Å²) >= 11 is 0. The molecule has 0 aliphatic carbocycles. The topological polar surface area (TPSA) is 128 Å². The van der Waals surface area contributed by atoms with Gasteiger partial charge < -0.3 is 25.6 Å². The van der Waals surface area contributed by atoms with Gasteiger partial charge in [0.2, 0.25) is 0 Å². The van der Waals surface area contributed by atoms with Crippen LogP contribution in [0.2, 0.25) is 0 Å². The van der Waals surface area contributed by atoms with Gasteiger partial charge >= 0.3 is 18.2 Å². The molecule has 0 heterocycles. The van der Waals surface area contributed by atoms with Crippen LogP contribution < -0.4 is 11.1 Å². The molecule has 110 valence electrons. The van der Waals surface area contributed by atoms with E-state index in [-0.39, 0.29) is 13.2 Å². The smallest absolute Gasteiger partial charge is 0.407 e. The van der Waals surface area contributed by atoms with E-state index in [2.05, 4.69) is 5.32 Å². The highest BCUT2D eigenvalue weighted by Gasteiger charge is 2.27. The molecule has 0 radical (unpaired) electrons. The Morgan fingerprint density at radius 1 is 1.26 bits per heavy atom. The first kappa shape index (κ1) is 17.0.